The van der Waals surface area contributed by atoms with E-state index in [1.165, 1.54) is 12.1 Å². The summed E-state index contributed by atoms with van der Waals surface area (Å²) in [5, 5.41) is 6.69. The molecule has 2 heterocycles. The number of amides is 1. The Morgan fingerprint density at radius 2 is 1.97 bits per heavy atom. The highest BCUT2D eigenvalue weighted by Crippen LogP contribution is 2.37. The van der Waals surface area contributed by atoms with Gasteiger partial charge in [0.1, 0.15) is 0 Å². The average molecular weight is 531 g/mol. The van der Waals surface area contributed by atoms with Gasteiger partial charge in [-0.1, -0.05) is 54.4 Å². The maximum atomic E-state index is 13.5. The third kappa shape index (κ3) is 6.25. The smallest absolute Gasteiger partial charge is 0.344 e. The van der Waals surface area contributed by atoms with Crippen LogP contribution in [0.4, 0.5) is 13.2 Å². The van der Waals surface area contributed by atoms with Gasteiger partial charge in [0, 0.05) is 31.4 Å². The highest BCUT2D eigenvalue weighted by atomic mass is 35.5. The van der Waals surface area contributed by atoms with Crippen LogP contribution < -0.4 is 5.32 Å². The second-order valence-corrected chi connectivity index (χ2v) is 10.0. The SMILES string of the molecule is C=C(C)CN1CCCC[C@H]1[C@@H](NC(=O)c1cccc(C(F)(F)F)c1Cl)c1cccc(-c2cnn(C)c2)c1. The van der Waals surface area contributed by atoms with E-state index in [1.807, 2.05) is 44.4 Å². The van der Waals surface area contributed by atoms with E-state index in [9.17, 15) is 18.0 Å². The first-order chi connectivity index (χ1) is 17.5. The van der Waals surface area contributed by atoms with E-state index in [0.717, 1.165) is 54.1 Å². The first kappa shape index (κ1) is 26.9. The van der Waals surface area contributed by atoms with Gasteiger partial charge in [-0.3, -0.25) is 14.4 Å². The zero-order chi connectivity index (χ0) is 26.7. The van der Waals surface area contributed by atoms with Crippen molar-refractivity contribution in [2.45, 2.75) is 44.4 Å². The van der Waals surface area contributed by atoms with Crippen molar-refractivity contribution < 1.29 is 18.0 Å². The molecule has 1 aliphatic heterocycles. The summed E-state index contributed by atoms with van der Waals surface area (Å²) in [4.78, 5) is 15.7. The number of hydrogen-bond donors (Lipinski definition) is 1. The van der Waals surface area contributed by atoms with Crippen molar-refractivity contribution >= 4 is 17.5 Å². The van der Waals surface area contributed by atoms with Gasteiger partial charge in [-0.2, -0.15) is 18.3 Å². The molecule has 1 saturated heterocycles. The number of alkyl halides is 3. The van der Waals surface area contributed by atoms with Crippen molar-refractivity contribution in [3.05, 3.63) is 88.7 Å². The number of likely N-dealkylation sites (tertiary alicyclic amines) is 1. The maximum absolute atomic E-state index is 13.5. The number of nitrogens with zero attached hydrogens (tertiary/aromatic N) is 3. The third-order valence-corrected chi connectivity index (χ3v) is 7.05. The highest BCUT2D eigenvalue weighted by molar-refractivity contribution is 6.34. The summed E-state index contributed by atoms with van der Waals surface area (Å²) in [5.74, 6) is -0.645. The molecule has 1 amide bonds. The minimum absolute atomic E-state index is 0.0666. The number of benzene rings is 2. The lowest BCUT2D eigenvalue weighted by atomic mass is 9.89. The van der Waals surface area contributed by atoms with Crippen LogP contribution >= 0.6 is 11.6 Å². The van der Waals surface area contributed by atoms with Gasteiger partial charge in [0.2, 0.25) is 0 Å². The fourth-order valence-electron chi connectivity index (χ4n) is 4.97. The molecular formula is C28H30ClF3N4O. The lowest BCUT2D eigenvalue weighted by Crippen LogP contribution is -2.49. The van der Waals surface area contributed by atoms with Crippen LogP contribution in [-0.2, 0) is 13.2 Å². The number of rotatable bonds is 7. The number of nitrogens with one attached hydrogen (secondary N) is 1. The van der Waals surface area contributed by atoms with Gasteiger partial charge in [-0.15, -0.1) is 0 Å². The summed E-state index contributed by atoms with van der Waals surface area (Å²) < 4.78 is 42.1. The maximum Gasteiger partial charge on any atom is 0.417 e. The second kappa shape index (κ2) is 11.1. The largest absolute Gasteiger partial charge is 0.417 e. The number of hydrogen-bond acceptors (Lipinski definition) is 3. The normalized spacial score (nSPS) is 17.4. The van der Waals surface area contributed by atoms with E-state index in [1.54, 1.807) is 10.9 Å². The summed E-state index contributed by atoms with van der Waals surface area (Å²) in [5.41, 5.74) is 2.49. The molecule has 196 valence electrons. The van der Waals surface area contributed by atoms with Crippen LogP contribution in [0, 0.1) is 0 Å². The minimum atomic E-state index is -4.66. The van der Waals surface area contributed by atoms with Gasteiger partial charge in [0.25, 0.3) is 5.91 Å². The molecule has 1 fully saturated rings. The molecule has 37 heavy (non-hydrogen) atoms. The number of aromatic nitrogens is 2. The quantitative estimate of drug-likeness (QED) is 0.347. The molecule has 0 bridgehead atoms. The van der Waals surface area contributed by atoms with E-state index < -0.39 is 28.7 Å². The van der Waals surface area contributed by atoms with Crippen LogP contribution in [0.25, 0.3) is 11.1 Å². The lowest BCUT2D eigenvalue weighted by molar-refractivity contribution is -0.137. The van der Waals surface area contributed by atoms with Gasteiger partial charge in [0.15, 0.2) is 0 Å². The van der Waals surface area contributed by atoms with Gasteiger partial charge >= 0.3 is 6.18 Å². The van der Waals surface area contributed by atoms with E-state index >= 15 is 0 Å². The van der Waals surface area contributed by atoms with Gasteiger partial charge in [-0.25, -0.2) is 0 Å². The summed E-state index contributed by atoms with van der Waals surface area (Å²) in [6, 6.07) is 10.7. The van der Waals surface area contributed by atoms with Gasteiger partial charge < -0.3 is 5.32 Å². The molecule has 0 unspecified atom stereocenters. The van der Waals surface area contributed by atoms with Crippen LogP contribution in [0.5, 0.6) is 0 Å². The number of piperidine rings is 1. The first-order valence-electron chi connectivity index (χ1n) is 12.2. The first-order valence-corrected chi connectivity index (χ1v) is 12.6. The Bertz CT molecular complexity index is 1290. The zero-order valence-corrected chi connectivity index (χ0v) is 21.6. The number of halogens is 4. The van der Waals surface area contributed by atoms with E-state index in [0.29, 0.717) is 6.54 Å². The molecule has 0 saturated carbocycles. The molecule has 1 N–H and O–H groups in total. The molecule has 0 aliphatic carbocycles. The average Bonchev–Trinajstić information content (AvgIpc) is 3.28. The third-order valence-electron chi connectivity index (χ3n) is 6.64. The summed E-state index contributed by atoms with van der Waals surface area (Å²) in [6.07, 6.45) is 1.85. The molecule has 9 heteroatoms. The number of carbonyl (C=O) groups excluding carboxylic acids is 1. The Morgan fingerprint density at radius 3 is 2.65 bits per heavy atom. The van der Waals surface area contributed by atoms with Crippen LogP contribution in [0.3, 0.4) is 0 Å². The van der Waals surface area contributed by atoms with Crippen LogP contribution in [0.15, 0.2) is 67.0 Å². The van der Waals surface area contributed by atoms with Crippen molar-refractivity contribution in [2.24, 2.45) is 7.05 Å². The molecule has 3 aromatic rings. The highest BCUT2D eigenvalue weighted by Gasteiger charge is 2.36. The Balaban J connectivity index is 1.74. The molecule has 4 rings (SSSR count). The van der Waals surface area contributed by atoms with Gasteiger partial charge in [-0.05, 0) is 55.6 Å². The summed E-state index contributed by atoms with van der Waals surface area (Å²) in [7, 11) is 1.84. The molecule has 2 aromatic carbocycles. The van der Waals surface area contributed by atoms with E-state index in [-0.39, 0.29) is 11.6 Å². The van der Waals surface area contributed by atoms with Crippen molar-refractivity contribution in [3.63, 3.8) is 0 Å². The van der Waals surface area contributed by atoms with Crippen molar-refractivity contribution in [1.29, 1.82) is 0 Å². The zero-order valence-electron chi connectivity index (χ0n) is 20.9. The Kier molecular flexibility index (Phi) is 8.09. The molecule has 1 aromatic heterocycles. The van der Waals surface area contributed by atoms with Crippen molar-refractivity contribution in [1.82, 2.24) is 20.0 Å². The fourth-order valence-corrected chi connectivity index (χ4v) is 5.29. The number of aryl methyl sites for hydroxylation is 1. The fraction of sp³-hybridized carbons (Fsp3) is 0.357. The summed E-state index contributed by atoms with van der Waals surface area (Å²) in [6.45, 7) is 7.54. The Morgan fingerprint density at radius 1 is 1.22 bits per heavy atom. The molecule has 2 atom stereocenters. The molecule has 1 aliphatic rings. The topological polar surface area (TPSA) is 50.2 Å². The van der Waals surface area contributed by atoms with Crippen LogP contribution in [-0.4, -0.2) is 39.7 Å². The Hall–Kier alpha value is -3.10. The lowest BCUT2D eigenvalue weighted by Gasteiger charge is -2.41. The van der Waals surface area contributed by atoms with E-state index in [2.05, 4.69) is 21.9 Å². The van der Waals surface area contributed by atoms with E-state index in [4.69, 9.17) is 11.6 Å². The predicted molar refractivity (Wildman–Crippen MR) is 139 cm³/mol. The molecule has 0 spiro atoms. The molecular weight excluding hydrogens is 501 g/mol. The predicted octanol–water partition coefficient (Wildman–Crippen LogP) is 6.66. The van der Waals surface area contributed by atoms with Crippen LogP contribution in [0.1, 0.15) is 53.7 Å². The molecule has 5 nitrogen and oxygen atoms in total. The van der Waals surface area contributed by atoms with Crippen LogP contribution in [0.2, 0.25) is 5.02 Å². The monoisotopic (exact) mass is 530 g/mol. The molecule has 0 radical (unpaired) electrons. The standard InChI is InChI=1S/C28H30ClF3N4O/c1-18(2)16-36-13-5-4-12-24(36)26(20-9-6-8-19(14-20)21-15-33-35(3)17-21)34-27(37)22-10-7-11-23(25(22)29)28(30,31)32/h6-11,14-15,17,24,26H,1,4-5,12-13,16H2,2-3H3,(H,34,37)/t24-,26-/m0/s1. The minimum Gasteiger partial charge on any atom is -0.344 e. The van der Waals surface area contributed by atoms with Gasteiger partial charge in [0.05, 0.1) is 28.4 Å². The summed E-state index contributed by atoms with van der Waals surface area (Å²) >= 11 is 6.10. The second-order valence-electron chi connectivity index (χ2n) is 9.63. The number of carbonyl (C=O) groups is 1. The van der Waals surface area contributed by atoms with Crippen molar-refractivity contribution in [2.75, 3.05) is 13.1 Å². The Labute approximate surface area is 219 Å². The van der Waals surface area contributed by atoms with Crippen molar-refractivity contribution in [3.8, 4) is 11.1 Å².